The maximum Gasteiger partial charge on any atom is 0.233 e. The number of morpholine rings is 1. The van der Waals surface area contributed by atoms with Gasteiger partial charge in [-0.2, -0.15) is 0 Å². The second kappa shape index (κ2) is 6.75. The summed E-state index contributed by atoms with van der Waals surface area (Å²) in [5.41, 5.74) is 0.957. The van der Waals surface area contributed by atoms with E-state index >= 15 is 0 Å². The van der Waals surface area contributed by atoms with E-state index in [9.17, 15) is 4.79 Å². The summed E-state index contributed by atoms with van der Waals surface area (Å²) in [7, 11) is 0. The molecule has 122 valence electrons. The van der Waals surface area contributed by atoms with Crippen LogP contribution in [0.2, 0.25) is 0 Å². The van der Waals surface area contributed by atoms with Crippen molar-refractivity contribution < 1.29 is 9.53 Å². The fourth-order valence-corrected chi connectivity index (χ4v) is 5.32. The van der Waals surface area contributed by atoms with Crippen LogP contribution in [-0.4, -0.2) is 51.8 Å². The topological polar surface area (TPSA) is 55.3 Å². The quantitative estimate of drug-likeness (QED) is 0.630. The molecule has 23 heavy (non-hydrogen) atoms. The molecule has 0 spiro atoms. The van der Waals surface area contributed by atoms with Gasteiger partial charge in [-0.05, 0) is 24.3 Å². The van der Waals surface area contributed by atoms with Crippen LogP contribution < -0.4 is 0 Å². The smallest absolute Gasteiger partial charge is 0.233 e. The van der Waals surface area contributed by atoms with E-state index in [4.69, 9.17) is 4.74 Å². The zero-order chi connectivity index (χ0) is 15.6. The number of fused-ring (bicyclic) bond motifs is 2. The molecule has 2 atom stereocenters. The van der Waals surface area contributed by atoms with Crippen LogP contribution in [-0.2, 0) is 9.53 Å². The van der Waals surface area contributed by atoms with E-state index in [-0.39, 0.29) is 18.1 Å². The second-order valence-corrected chi connectivity index (χ2v) is 7.83. The number of nitrogens with zero attached hydrogens (tertiary/aromatic N) is 3. The molecule has 2 aliphatic rings. The van der Waals surface area contributed by atoms with Gasteiger partial charge in [-0.15, -0.1) is 11.3 Å². The van der Waals surface area contributed by atoms with Crippen LogP contribution in [0.4, 0.5) is 0 Å². The molecule has 1 amide bonds. The van der Waals surface area contributed by atoms with Crippen LogP contribution >= 0.6 is 23.1 Å². The Morgan fingerprint density at radius 1 is 1.39 bits per heavy atom. The van der Waals surface area contributed by atoms with Crippen molar-refractivity contribution in [3.8, 4) is 0 Å². The third-order valence-corrected chi connectivity index (χ3v) is 6.61. The second-order valence-electron chi connectivity index (χ2n) is 5.95. The van der Waals surface area contributed by atoms with Gasteiger partial charge in [-0.1, -0.05) is 24.6 Å². The molecule has 0 N–H and O–H groups in total. The van der Waals surface area contributed by atoms with Crippen LogP contribution in [0.3, 0.4) is 0 Å². The van der Waals surface area contributed by atoms with Crippen LogP contribution in [0.5, 0.6) is 0 Å². The fraction of sp³-hybridized carbons (Fsp3) is 0.562. The third-order valence-electron chi connectivity index (χ3n) is 4.60. The van der Waals surface area contributed by atoms with Gasteiger partial charge in [0.25, 0.3) is 0 Å². The van der Waals surface area contributed by atoms with Gasteiger partial charge in [-0.3, -0.25) is 4.79 Å². The lowest BCUT2D eigenvalue weighted by atomic mass is 9.90. The van der Waals surface area contributed by atoms with Crippen LogP contribution in [0.25, 0.3) is 10.2 Å². The lowest BCUT2D eigenvalue weighted by Crippen LogP contribution is -2.55. The number of thioether (sulfide) groups is 1. The minimum atomic E-state index is 0.207. The Bertz CT molecular complexity index is 703. The minimum Gasteiger partial charge on any atom is -0.374 e. The summed E-state index contributed by atoms with van der Waals surface area (Å²) in [5.74, 6) is 0.645. The molecule has 2 aromatic rings. The Labute approximate surface area is 143 Å². The van der Waals surface area contributed by atoms with Gasteiger partial charge in [0.2, 0.25) is 5.91 Å². The van der Waals surface area contributed by atoms with Gasteiger partial charge in [0.15, 0.2) is 0 Å². The van der Waals surface area contributed by atoms with Gasteiger partial charge in [0.05, 0.1) is 34.7 Å². The van der Waals surface area contributed by atoms with E-state index in [0.717, 1.165) is 34.6 Å². The highest BCUT2D eigenvalue weighted by molar-refractivity contribution is 8.00. The first-order valence-electron chi connectivity index (χ1n) is 8.05. The maximum absolute atomic E-state index is 12.7. The summed E-state index contributed by atoms with van der Waals surface area (Å²) in [4.78, 5) is 23.4. The van der Waals surface area contributed by atoms with Gasteiger partial charge < -0.3 is 9.64 Å². The van der Waals surface area contributed by atoms with E-state index in [1.54, 1.807) is 17.7 Å². The molecule has 4 rings (SSSR count). The first-order valence-corrected chi connectivity index (χ1v) is 9.91. The zero-order valence-corrected chi connectivity index (χ0v) is 14.4. The van der Waals surface area contributed by atoms with Gasteiger partial charge in [-0.25, -0.2) is 9.97 Å². The Balaban J connectivity index is 1.44. The lowest BCUT2D eigenvalue weighted by molar-refractivity contribution is -0.146. The van der Waals surface area contributed by atoms with Crippen LogP contribution in [0, 0.1) is 0 Å². The lowest BCUT2D eigenvalue weighted by Gasteiger charge is -2.43. The number of aromatic nitrogens is 2. The normalized spacial score (nSPS) is 24.6. The zero-order valence-electron chi connectivity index (χ0n) is 12.8. The van der Waals surface area contributed by atoms with Crippen molar-refractivity contribution in [1.29, 1.82) is 0 Å². The number of carbonyl (C=O) groups excluding carboxylic acids is 1. The molecule has 1 aliphatic carbocycles. The van der Waals surface area contributed by atoms with Crippen molar-refractivity contribution in [3.63, 3.8) is 0 Å². The van der Waals surface area contributed by atoms with Crippen molar-refractivity contribution in [2.75, 3.05) is 18.9 Å². The van der Waals surface area contributed by atoms with E-state index in [2.05, 4.69) is 9.97 Å². The number of ether oxygens (including phenoxy) is 1. The number of hydrogen-bond donors (Lipinski definition) is 0. The predicted octanol–water partition coefficient (Wildman–Crippen LogP) is 2.95. The number of rotatable bonds is 3. The van der Waals surface area contributed by atoms with E-state index < -0.39 is 0 Å². The summed E-state index contributed by atoms with van der Waals surface area (Å²) < 4.78 is 6.92. The number of carbonyl (C=O) groups is 1. The Hall–Kier alpha value is -1.18. The van der Waals surface area contributed by atoms with Gasteiger partial charge in [0, 0.05) is 6.54 Å². The maximum atomic E-state index is 12.7. The molecular formula is C16H19N3O2S2. The fourth-order valence-electron chi connectivity index (χ4n) is 3.49. The minimum absolute atomic E-state index is 0.207. The molecule has 5 nitrogen and oxygen atoms in total. The molecular weight excluding hydrogens is 330 g/mol. The number of hydrogen-bond acceptors (Lipinski definition) is 6. The summed E-state index contributed by atoms with van der Waals surface area (Å²) in [6, 6.07) is 2.26. The SMILES string of the molecule is O=C(CSc1ncnc2ccsc12)N1CCO[C@H]2CCCC[C@@H]21. The molecule has 0 bridgehead atoms. The highest BCUT2D eigenvalue weighted by atomic mass is 32.2. The first-order chi connectivity index (χ1) is 11.3. The molecule has 1 saturated carbocycles. The predicted molar refractivity (Wildman–Crippen MR) is 91.8 cm³/mol. The van der Waals surface area contributed by atoms with Gasteiger partial charge >= 0.3 is 0 Å². The molecule has 0 unspecified atom stereocenters. The molecule has 0 radical (unpaired) electrons. The average molecular weight is 349 g/mol. The largest absolute Gasteiger partial charge is 0.374 e. The Morgan fingerprint density at radius 2 is 2.30 bits per heavy atom. The van der Waals surface area contributed by atoms with Crippen molar-refractivity contribution in [2.24, 2.45) is 0 Å². The standard InChI is InChI=1S/C16H19N3O2S2/c20-14(19-6-7-21-13-4-2-1-3-12(13)19)9-23-16-15-11(5-8-22-15)17-10-18-16/h5,8,10,12-13H,1-4,6-7,9H2/t12-,13-/m0/s1. The number of amides is 1. The highest BCUT2D eigenvalue weighted by Gasteiger charge is 2.36. The number of thiophene rings is 1. The van der Waals surface area contributed by atoms with Crippen molar-refractivity contribution >= 4 is 39.2 Å². The van der Waals surface area contributed by atoms with Crippen LogP contribution in [0.15, 0.2) is 22.8 Å². The molecule has 1 saturated heterocycles. The van der Waals surface area contributed by atoms with Crippen molar-refractivity contribution in [1.82, 2.24) is 14.9 Å². The van der Waals surface area contributed by atoms with Crippen molar-refractivity contribution in [2.45, 2.75) is 42.9 Å². The molecule has 0 aromatic carbocycles. The third kappa shape index (κ3) is 3.09. The Morgan fingerprint density at radius 3 is 3.26 bits per heavy atom. The molecule has 7 heteroatoms. The molecule has 2 fully saturated rings. The van der Waals surface area contributed by atoms with Gasteiger partial charge in [0.1, 0.15) is 11.4 Å². The summed E-state index contributed by atoms with van der Waals surface area (Å²) >= 11 is 3.15. The van der Waals surface area contributed by atoms with Crippen LogP contribution in [0.1, 0.15) is 25.7 Å². The monoisotopic (exact) mass is 349 g/mol. The average Bonchev–Trinajstić information content (AvgIpc) is 3.08. The molecule has 3 heterocycles. The molecule has 2 aromatic heterocycles. The van der Waals surface area contributed by atoms with Crippen molar-refractivity contribution in [3.05, 3.63) is 17.8 Å². The highest BCUT2D eigenvalue weighted by Crippen LogP contribution is 2.31. The molecule has 1 aliphatic heterocycles. The van der Waals surface area contributed by atoms with E-state index in [0.29, 0.717) is 12.4 Å². The first kappa shape index (κ1) is 15.4. The van der Waals surface area contributed by atoms with E-state index in [1.165, 1.54) is 24.6 Å². The van der Waals surface area contributed by atoms with E-state index in [1.807, 2.05) is 16.3 Å². The summed E-state index contributed by atoms with van der Waals surface area (Å²) in [6.45, 7) is 1.39. The summed E-state index contributed by atoms with van der Waals surface area (Å²) in [6.07, 6.45) is 6.40. The summed E-state index contributed by atoms with van der Waals surface area (Å²) in [5, 5.41) is 2.92. The Kier molecular flexibility index (Phi) is 4.50.